The lowest BCUT2D eigenvalue weighted by molar-refractivity contribution is -0.123. The zero-order valence-corrected chi connectivity index (χ0v) is 16.8. The van der Waals surface area contributed by atoms with Crippen LogP contribution in [-0.2, 0) is 4.79 Å². The second-order valence-electron chi connectivity index (χ2n) is 7.61. The third-order valence-electron chi connectivity index (χ3n) is 5.69. The Hall–Kier alpha value is -1.34. The van der Waals surface area contributed by atoms with Gasteiger partial charge >= 0.3 is 0 Å². The Morgan fingerprint density at radius 3 is 2.70 bits per heavy atom. The molecular formula is C19H25Cl2N5O. The van der Waals surface area contributed by atoms with E-state index in [0.29, 0.717) is 28.8 Å². The third kappa shape index (κ3) is 4.57. The van der Waals surface area contributed by atoms with Crippen molar-refractivity contribution in [3.05, 3.63) is 28.2 Å². The molecule has 0 aliphatic carbocycles. The summed E-state index contributed by atoms with van der Waals surface area (Å²) in [6.45, 7) is 5.52. The summed E-state index contributed by atoms with van der Waals surface area (Å²) >= 11 is 12.0. The molecule has 0 unspecified atom stereocenters. The van der Waals surface area contributed by atoms with Gasteiger partial charge in [-0.25, -0.2) is 0 Å². The monoisotopic (exact) mass is 409 g/mol. The lowest BCUT2D eigenvalue weighted by atomic mass is 9.80. The molecule has 27 heavy (non-hydrogen) atoms. The molecule has 4 rings (SSSR count). The molecule has 0 bridgehead atoms. The van der Waals surface area contributed by atoms with Crippen LogP contribution in [0.1, 0.15) is 19.3 Å². The number of amides is 1. The van der Waals surface area contributed by atoms with Gasteiger partial charge in [-0.3, -0.25) is 14.7 Å². The van der Waals surface area contributed by atoms with Crippen molar-refractivity contribution in [2.75, 3.05) is 44.3 Å². The van der Waals surface area contributed by atoms with Crippen LogP contribution in [0.25, 0.3) is 0 Å². The number of amidine groups is 1. The van der Waals surface area contributed by atoms with Crippen molar-refractivity contribution in [3.8, 4) is 0 Å². The second-order valence-corrected chi connectivity index (χ2v) is 8.42. The minimum atomic E-state index is 0.0218. The SMILES string of the molecule is O=C(CN1CC(C2CCNCC2)C1)NC1=NN(c2ccc(Cl)c(Cl)c2)CC1. The van der Waals surface area contributed by atoms with E-state index in [1.807, 2.05) is 11.1 Å². The Morgan fingerprint density at radius 2 is 1.96 bits per heavy atom. The van der Waals surface area contributed by atoms with Crippen LogP contribution in [0.15, 0.2) is 23.3 Å². The van der Waals surface area contributed by atoms with Crippen LogP contribution in [0.3, 0.4) is 0 Å². The third-order valence-corrected chi connectivity index (χ3v) is 6.43. The molecule has 0 aromatic heterocycles. The molecule has 8 heteroatoms. The Kier molecular flexibility index (Phi) is 5.88. The first-order valence-corrected chi connectivity index (χ1v) is 10.4. The topological polar surface area (TPSA) is 60.0 Å². The van der Waals surface area contributed by atoms with Gasteiger partial charge in [0.15, 0.2) is 0 Å². The molecule has 1 aromatic rings. The Bertz CT molecular complexity index is 729. The molecule has 3 heterocycles. The summed E-state index contributed by atoms with van der Waals surface area (Å²) in [6, 6.07) is 5.43. The quantitative estimate of drug-likeness (QED) is 0.801. The molecule has 0 atom stereocenters. The molecule has 146 valence electrons. The number of hydrogen-bond acceptors (Lipinski definition) is 5. The summed E-state index contributed by atoms with van der Waals surface area (Å²) in [5.41, 5.74) is 0.876. The number of nitrogens with one attached hydrogen (secondary N) is 2. The average Bonchev–Trinajstić information content (AvgIpc) is 3.09. The number of benzene rings is 1. The molecule has 0 saturated carbocycles. The van der Waals surface area contributed by atoms with Gasteiger partial charge in [0, 0.05) is 26.1 Å². The fraction of sp³-hybridized carbons (Fsp3) is 0.579. The van der Waals surface area contributed by atoms with Crippen LogP contribution in [0.2, 0.25) is 10.0 Å². The molecule has 2 N–H and O–H groups in total. The summed E-state index contributed by atoms with van der Waals surface area (Å²) in [5.74, 6) is 2.31. The number of hydrazone groups is 1. The van der Waals surface area contributed by atoms with Crippen LogP contribution in [0.5, 0.6) is 0 Å². The van der Waals surface area contributed by atoms with Crippen molar-refractivity contribution in [3.63, 3.8) is 0 Å². The van der Waals surface area contributed by atoms with Gasteiger partial charge in [-0.2, -0.15) is 5.10 Å². The predicted octanol–water partition coefficient (Wildman–Crippen LogP) is 2.56. The van der Waals surface area contributed by atoms with E-state index in [1.165, 1.54) is 12.8 Å². The molecule has 1 aromatic carbocycles. The maximum atomic E-state index is 12.3. The minimum Gasteiger partial charge on any atom is -0.317 e. The molecular weight excluding hydrogens is 385 g/mol. The highest BCUT2D eigenvalue weighted by molar-refractivity contribution is 6.42. The zero-order chi connectivity index (χ0) is 18.8. The van der Waals surface area contributed by atoms with E-state index in [0.717, 1.165) is 50.2 Å². The standard InChI is InChI=1S/C19H25Cl2N5O/c20-16-2-1-15(9-17(16)21)26-8-5-18(24-26)23-19(27)12-25-10-14(11-25)13-3-6-22-7-4-13/h1-2,9,13-14,22H,3-8,10-12H2,(H,23,24,27). The van der Waals surface area contributed by atoms with Gasteiger partial charge in [0.1, 0.15) is 5.84 Å². The first-order chi connectivity index (χ1) is 13.1. The summed E-state index contributed by atoms with van der Waals surface area (Å²) in [7, 11) is 0. The normalized spacial score (nSPS) is 21.9. The number of hydrogen-bond donors (Lipinski definition) is 2. The molecule has 0 radical (unpaired) electrons. The number of halogens is 2. The molecule has 1 amide bonds. The maximum absolute atomic E-state index is 12.3. The fourth-order valence-corrected chi connectivity index (χ4v) is 4.43. The summed E-state index contributed by atoms with van der Waals surface area (Å²) < 4.78 is 0. The fourth-order valence-electron chi connectivity index (χ4n) is 4.13. The number of likely N-dealkylation sites (tertiary alicyclic amines) is 1. The summed E-state index contributed by atoms with van der Waals surface area (Å²) in [4.78, 5) is 14.6. The smallest absolute Gasteiger partial charge is 0.239 e. The van der Waals surface area contributed by atoms with Gasteiger partial charge in [0.05, 0.1) is 22.3 Å². The van der Waals surface area contributed by atoms with Crippen molar-refractivity contribution >= 4 is 40.6 Å². The molecule has 6 nitrogen and oxygen atoms in total. The lowest BCUT2D eigenvalue weighted by Crippen LogP contribution is -2.54. The lowest BCUT2D eigenvalue weighted by Gasteiger charge is -2.44. The van der Waals surface area contributed by atoms with Crippen molar-refractivity contribution in [2.24, 2.45) is 16.9 Å². The van der Waals surface area contributed by atoms with Crippen molar-refractivity contribution in [1.82, 2.24) is 15.5 Å². The molecule has 0 spiro atoms. The van der Waals surface area contributed by atoms with Crippen LogP contribution < -0.4 is 15.6 Å². The van der Waals surface area contributed by atoms with Gasteiger partial charge in [0.2, 0.25) is 5.91 Å². The molecule has 3 aliphatic heterocycles. The Labute approximate surface area is 169 Å². The maximum Gasteiger partial charge on any atom is 0.239 e. The summed E-state index contributed by atoms with van der Waals surface area (Å²) in [6.07, 6.45) is 3.25. The van der Waals surface area contributed by atoms with Gasteiger partial charge in [-0.1, -0.05) is 23.2 Å². The van der Waals surface area contributed by atoms with E-state index >= 15 is 0 Å². The summed E-state index contributed by atoms with van der Waals surface area (Å²) in [5, 5.41) is 13.7. The van der Waals surface area contributed by atoms with Gasteiger partial charge in [-0.05, 0) is 56.0 Å². The highest BCUT2D eigenvalue weighted by atomic mass is 35.5. The molecule has 2 saturated heterocycles. The van der Waals surface area contributed by atoms with Gasteiger partial charge in [-0.15, -0.1) is 0 Å². The Morgan fingerprint density at radius 1 is 1.19 bits per heavy atom. The van der Waals surface area contributed by atoms with E-state index < -0.39 is 0 Å². The number of carbonyl (C=O) groups excluding carboxylic acids is 1. The zero-order valence-electron chi connectivity index (χ0n) is 15.3. The van der Waals surface area contributed by atoms with E-state index in [4.69, 9.17) is 23.2 Å². The molecule has 2 fully saturated rings. The van der Waals surface area contributed by atoms with Gasteiger partial charge in [0.25, 0.3) is 0 Å². The van der Waals surface area contributed by atoms with Crippen LogP contribution in [-0.4, -0.2) is 55.9 Å². The number of nitrogens with zero attached hydrogens (tertiary/aromatic N) is 3. The van der Waals surface area contributed by atoms with Gasteiger partial charge < -0.3 is 10.6 Å². The second kappa shape index (κ2) is 8.35. The van der Waals surface area contributed by atoms with E-state index in [1.54, 1.807) is 12.1 Å². The van der Waals surface area contributed by atoms with Crippen molar-refractivity contribution in [1.29, 1.82) is 0 Å². The average molecular weight is 410 g/mol. The highest BCUT2D eigenvalue weighted by Crippen LogP contribution is 2.30. The first kappa shape index (κ1) is 19.0. The van der Waals surface area contributed by atoms with Crippen molar-refractivity contribution < 1.29 is 4.79 Å². The molecule has 3 aliphatic rings. The number of carbonyl (C=O) groups is 1. The minimum absolute atomic E-state index is 0.0218. The largest absolute Gasteiger partial charge is 0.317 e. The van der Waals surface area contributed by atoms with Crippen molar-refractivity contribution in [2.45, 2.75) is 19.3 Å². The number of anilines is 1. The van der Waals surface area contributed by atoms with E-state index in [-0.39, 0.29) is 5.91 Å². The van der Waals surface area contributed by atoms with Crippen LogP contribution in [0.4, 0.5) is 5.69 Å². The number of rotatable bonds is 4. The van der Waals surface area contributed by atoms with E-state index in [9.17, 15) is 4.79 Å². The van der Waals surface area contributed by atoms with Crippen LogP contribution in [0, 0.1) is 11.8 Å². The van der Waals surface area contributed by atoms with E-state index in [2.05, 4.69) is 20.6 Å². The van der Waals surface area contributed by atoms with Crippen LogP contribution >= 0.6 is 23.2 Å². The predicted molar refractivity (Wildman–Crippen MR) is 110 cm³/mol. The highest BCUT2D eigenvalue weighted by Gasteiger charge is 2.34. The Balaban J connectivity index is 1.23. The number of piperidine rings is 1. The first-order valence-electron chi connectivity index (χ1n) is 9.61.